The molecule has 3 N–H and O–H groups in total. The Morgan fingerprint density at radius 2 is 1.52 bits per heavy atom. The first kappa shape index (κ1) is 34.3. The van der Waals surface area contributed by atoms with Crippen LogP contribution in [-0.2, 0) is 42.3 Å². The molecule has 1 aromatic carbocycles. The Morgan fingerprint density at radius 3 is 2.18 bits per heavy atom. The van der Waals surface area contributed by atoms with Crippen molar-refractivity contribution in [2.75, 3.05) is 13.2 Å². The number of ether oxygens (including phenoxy) is 8. The van der Waals surface area contributed by atoms with Crippen molar-refractivity contribution in [1.82, 2.24) is 0 Å². The van der Waals surface area contributed by atoms with Gasteiger partial charge in [-0.2, -0.15) is 0 Å². The van der Waals surface area contributed by atoms with Crippen LogP contribution in [0.25, 0.3) is 0 Å². The van der Waals surface area contributed by atoms with Crippen LogP contribution in [0.1, 0.15) is 60.3 Å². The van der Waals surface area contributed by atoms with E-state index in [-0.39, 0.29) is 18.3 Å². The fourth-order valence-electron chi connectivity index (χ4n) is 5.75. The molecule has 0 radical (unpaired) electrons. The summed E-state index contributed by atoms with van der Waals surface area (Å²) >= 11 is 0. The van der Waals surface area contributed by atoms with Gasteiger partial charge in [-0.05, 0) is 45.8 Å². The zero-order valence-corrected chi connectivity index (χ0v) is 28.2. The van der Waals surface area contributed by atoms with Crippen LogP contribution in [0.15, 0.2) is 30.3 Å². The van der Waals surface area contributed by atoms with Gasteiger partial charge in [0.25, 0.3) is 0 Å². The van der Waals surface area contributed by atoms with E-state index < -0.39 is 87.6 Å². The number of aliphatic hydroxyl groups excluding tert-OH is 3. The van der Waals surface area contributed by atoms with Gasteiger partial charge in [-0.25, -0.2) is 0 Å². The molecular formula is C31H50O12Si. The van der Waals surface area contributed by atoms with Crippen LogP contribution in [0, 0.1) is 0 Å². The molecule has 4 heterocycles. The molecule has 13 heteroatoms. The van der Waals surface area contributed by atoms with E-state index in [0.29, 0.717) is 0 Å². The molecule has 0 bridgehead atoms. The zero-order valence-electron chi connectivity index (χ0n) is 27.2. The molecule has 1 aromatic rings. The Kier molecular flexibility index (Phi) is 9.76. The van der Waals surface area contributed by atoms with Crippen molar-refractivity contribution in [1.29, 1.82) is 0 Å². The van der Waals surface area contributed by atoms with E-state index in [9.17, 15) is 15.3 Å². The van der Waals surface area contributed by atoms with Crippen molar-refractivity contribution in [3.05, 3.63) is 35.9 Å². The third kappa shape index (κ3) is 7.25. The molecule has 0 saturated carbocycles. The molecule has 12 nitrogen and oxygen atoms in total. The summed E-state index contributed by atoms with van der Waals surface area (Å²) in [5.41, 5.74) is 0.780. The van der Waals surface area contributed by atoms with E-state index in [1.165, 1.54) is 0 Å². The minimum Gasteiger partial charge on any atom is -0.414 e. The van der Waals surface area contributed by atoms with E-state index in [4.69, 9.17) is 42.3 Å². The molecule has 4 aliphatic heterocycles. The summed E-state index contributed by atoms with van der Waals surface area (Å²) in [6, 6.07) is 9.31. The molecule has 4 aliphatic rings. The Balaban J connectivity index is 1.27. The lowest BCUT2D eigenvalue weighted by Crippen LogP contribution is -2.63. The highest BCUT2D eigenvalue weighted by Gasteiger charge is 2.57. The first-order valence-corrected chi connectivity index (χ1v) is 18.3. The molecule has 0 aromatic heterocycles. The fourth-order valence-corrected chi connectivity index (χ4v) is 6.77. The molecular weight excluding hydrogens is 592 g/mol. The van der Waals surface area contributed by atoms with Gasteiger partial charge in [-0.3, -0.25) is 0 Å². The van der Waals surface area contributed by atoms with Crippen LogP contribution in [0.5, 0.6) is 0 Å². The van der Waals surface area contributed by atoms with Crippen molar-refractivity contribution < 1.29 is 57.6 Å². The lowest BCUT2D eigenvalue weighted by Gasteiger charge is -2.46. The van der Waals surface area contributed by atoms with Gasteiger partial charge in [-0.15, -0.1) is 0 Å². The van der Waals surface area contributed by atoms with Gasteiger partial charge in [0, 0.05) is 5.56 Å². The zero-order chi connectivity index (χ0) is 32.2. The van der Waals surface area contributed by atoms with E-state index in [0.717, 1.165) is 5.56 Å². The van der Waals surface area contributed by atoms with Crippen LogP contribution >= 0.6 is 0 Å². The summed E-state index contributed by atoms with van der Waals surface area (Å²) in [4.78, 5) is 0. The molecule has 2 unspecified atom stereocenters. The second kappa shape index (κ2) is 12.5. The lowest BCUT2D eigenvalue weighted by atomic mass is 9.97. The van der Waals surface area contributed by atoms with Gasteiger partial charge in [-0.1, -0.05) is 51.1 Å². The lowest BCUT2D eigenvalue weighted by molar-refractivity contribution is -0.382. The maximum Gasteiger partial charge on any atom is 0.192 e. The first-order valence-electron chi connectivity index (χ1n) is 15.4. The second-order valence-electron chi connectivity index (χ2n) is 14.5. The number of aliphatic hydroxyl groups is 3. The fraction of sp³-hybridized carbons (Fsp3) is 0.806. The van der Waals surface area contributed by atoms with Gasteiger partial charge < -0.3 is 57.6 Å². The maximum atomic E-state index is 11.4. The van der Waals surface area contributed by atoms with Gasteiger partial charge in [0.05, 0.1) is 13.2 Å². The Labute approximate surface area is 260 Å². The Hall–Kier alpha value is -1.04. The molecule has 5 rings (SSSR count). The van der Waals surface area contributed by atoms with E-state index in [1.807, 2.05) is 44.2 Å². The summed E-state index contributed by atoms with van der Waals surface area (Å²) in [6.45, 7) is 18.3. The third-order valence-electron chi connectivity index (χ3n) is 9.08. The van der Waals surface area contributed by atoms with Gasteiger partial charge >= 0.3 is 0 Å². The highest BCUT2D eigenvalue weighted by atomic mass is 28.4. The quantitative estimate of drug-likeness (QED) is 0.283. The van der Waals surface area contributed by atoms with Crippen LogP contribution in [0.4, 0.5) is 0 Å². The number of hydrogen-bond acceptors (Lipinski definition) is 12. The van der Waals surface area contributed by atoms with Crippen molar-refractivity contribution in [3.8, 4) is 0 Å². The summed E-state index contributed by atoms with van der Waals surface area (Å²) in [5.74, 6) is -2.02. The van der Waals surface area contributed by atoms with E-state index in [1.54, 1.807) is 13.8 Å². The van der Waals surface area contributed by atoms with Crippen LogP contribution in [0.3, 0.4) is 0 Å². The molecule has 4 fully saturated rings. The minimum absolute atomic E-state index is 0.000280. The highest BCUT2D eigenvalue weighted by molar-refractivity contribution is 6.74. The van der Waals surface area contributed by atoms with Crippen molar-refractivity contribution >= 4 is 8.32 Å². The standard InChI is InChI=1S/C31H50O12Si/c1-29(2,3)44(8,9)36-16-19-23(41-30(4,5)40-19)24-25(43-31(6,7)42-24)26(34)39-28-21(33)20(32)22-18(37-28)15-35-27(38-22)17-13-11-10-12-14-17/h10-14,18-28,32-34H,15-16H2,1-9H3/t18-,19-,20-,21+,22-,23-,24+,25+,26?,27?,28+/m1/s1. The SMILES string of the molecule is CC1(C)O[C@@H]([C@@H]2OC(C)(C)O[C@@H]2CO[Si](C)(C)C(C)(C)C)[C@@H](C(O)O[C@@H]2O[C@@H]3COC(c4ccccc4)O[C@H]3[C@H](O)[C@@H]2O)O1. The molecule has 44 heavy (non-hydrogen) atoms. The number of hydrogen-bond donors (Lipinski definition) is 3. The Bertz CT molecular complexity index is 1110. The van der Waals surface area contributed by atoms with E-state index in [2.05, 4.69) is 33.9 Å². The summed E-state index contributed by atoms with van der Waals surface area (Å²) in [6.07, 6.45) is -11.3. The average Bonchev–Trinajstić information content (AvgIpc) is 3.44. The molecule has 11 atom stereocenters. The summed E-state index contributed by atoms with van der Waals surface area (Å²) in [5, 5.41) is 33.3. The maximum absolute atomic E-state index is 11.4. The topological polar surface area (TPSA) is 144 Å². The average molecular weight is 643 g/mol. The molecule has 0 aliphatic carbocycles. The normalized spacial score (nSPS) is 39.6. The van der Waals surface area contributed by atoms with Gasteiger partial charge in [0.1, 0.15) is 48.8 Å². The number of rotatable bonds is 8. The third-order valence-corrected chi connectivity index (χ3v) is 13.6. The second-order valence-corrected chi connectivity index (χ2v) is 19.3. The predicted molar refractivity (Wildman–Crippen MR) is 159 cm³/mol. The monoisotopic (exact) mass is 642 g/mol. The highest BCUT2D eigenvalue weighted by Crippen LogP contribution is 2.42. The summed E-state index contributed by atoms with van der Waals surface area (Å²) in [7, 11) is -2.11. The largest absolute Gasteiger partial charge is 0.414 e. The van der Waals surface area contributed by atoms with Crippen molar-refractivity contribution in [2.24, 2.45) is 0 Å². The molecule has 4 saturated heterocycles. The smallest absolute Gasteiger partial charge is 0.192 e. The van der Waals surface area contributed by atoms with Crippen LogP contribution in [0.2, 0.25) is 18.1 Å². The molecule has 0 amide bonds. The minimum atomic E-state index is -2.11. The Morgan fingerprint density at radius 1 is 0.886 bits per heavy atom. The van der Waals surface area contributed by atoms with Crippen LogP contribution < -0.4 is 0 Å². The molecule has 250 valence electrons. The summed E-state index contributed by atoms with van der Waals surface area (Å²) < 4.78 is 55.0. The van der Waals surface area contributed by atoms with E-state index >= 15 is 0 Å². The van der Waals surface area contributed by atoms with Crippen molar-refractivity contribution in [3.63, 3.8) is 0 Å². The predicted octanol–water partition coefficient (Wildman–Crippen LogP) is 2.94. The number of benzene rings is 1. The molecule has 0 spiro atoms. The first-order chi connectivity index (χ1) is 20.4. The van der Waals surface area contributed by atoms with Gasteiger partial charge in [0.2, 0.25) is 0 Å². The van der Waals surface area contributed by atoms with Gasteiger partial charge in [0.15, 0.2) is 38.8 Å². The van der Waals surface area contributed by atoms with Crippen LogP contribution in [-0.4, -0.2) is 110 Å². The van der Waals surface area contributed by atoms with Crippen molar-refractivity contribution in [2.45, 2.75) is 146 Å². The number of fused-ring (bicyclic) bond motifs is 1.